The molecular formula is C15H26N2O5. The molecule has 0 aromatic heterocycles. The molecule has 1 heterocycles. The Bertz CT molecular complexity index is 485. The number of likely N-dealkylation sites (tertiary alicyclic amines) is 1. The number of carbonyl (C=O) groups excluding carboxylic acids is 3. The first-order valence-corrected chi connectivity index (χ1v) is 7.22. The fraction of sp³-hybridized carbons (Fsp3) is 0.800. The molecule has 2 atom stereocenters. The molecule has 1 fully saturated rings. The third-order valence-electron chi connectivity index (χ3n) is 3.10. The summed E-state index contributed by atoms with van der Waals surface area (Å²) in [6.07, 6.45) is -0.805. The zero-order valence-corrected chi connectivity index (χ0v) is 14.4. The lowest BCUT2D eigenvalue weighted by Gasteiger charge is -2.26. The van der Waals surface area contributed by atoms with Gasteiger partial charge in [0.05, 0.1) is 0 Å². The van der Waals surface area contributed by atoms with Gasteiger partial charge in [-0.3, -0.25) is 9.59 Å². The largest absolute Gasteiger partial charge is 0.460 e. The van der Waals surface area contributed by atoms with Gasteiger partial charge in [0, 0.05) is 6.54 Å². The topological polar surface area (TPSA) is 98.9 Å². The molecule has 0 spiro atoms. The second-order valence-corrected chi connectivity index (χ2v) is 7.76. The monoisotopic (exact) mass is 314 g/mol. The Hall–Kier alpha value is -1.63. The number of ether oxygens (including phenoxy) is 2. The highest BCUT2D eigenvalue weighted by molar-refractivity contribution is 6.03. The molecule has 22 heavy (non-hydrogen) atoms. The van der Waals surface area contributed by atoms with Crippen LogP contribution in [0.1, 0.15) is 48.5 Å². The van der Waals surface area contributed by atoms with E-state index >= 15 is 0 Å². The van der Waals surface area contributed by atoms with Gasteiger partial charge in [-0.2, -0.15) is 0 Å². The van der Waals surface area contributed by atoms with E-state index in [2.05, 4.69) is 0 Å². The molecule has 0 aromatic carbocycles. The van der Waals surface area contributed by atoms with E-state index < -0.39 is 40.6 Å². The normalized spacial score (nSPS) is 26.1. The molecule has 1 rings (SSSR count). The Labute approximate surface area is 131 Å². The molecule has 0 aliphatic carbocycles. The number of hydrogen-bond donors (Lipinski definition) is 1. The SMILES string of the molecule is CC(C)(C)OC(=O)C1CN(C(=O)OC(C)(C)C)C(=O)C1(C)N. The minimum atomic E-state index is -1.50. The molecule has 7 nitrogen and oxygen atoms in total. The van der Waals surface area contributed by atoms with Gasteiger partial charge in [-0.25, -0.2) is 9.69 Å². The van der Waals surface area contributed by atoms with Crippen molar-refractivity contribution in [3.8, 4) is 0 Å². The van der Waals surface area contributed by atoms with Crippen molar-refractivity contribution in [3.05, 3.63) is 0 Å². The van der Waals surface area contributed by atoms with Gasteiger partial charge in [0.25, 0.3) is 5.91 Å². The summed E-state index contributed by atoms with van der Waals surface area (Å²) in [5.74, 6) is -2.17. The minimum Gasteiger partial charge on any atom is -0.460 e. The van der Waals surface area contributed by atoms with Crippen LogP contribution in [-0.4, -0.2) is 46.2 Å². The maximum absolute atomic E-state index is 12.3. The van der Waals surface area contributed by atoms with Gasteiger partial charge in [-0.1, -0.05) is 0 Å². The molecule has 1 aliphatic rings. The summed E-state index contributed by atoms with van der Waals surface area (Å²) in [6.45, 7) is 11.5. The lowest BCUT2D eigenvalue weighted by molar-refractivity contribution is -0.161. The van der Waals surface area contributed by atoms with Crippen molar-refractivity contribution < 1.29 is 23.9 Å². The number of hydrogen-bond acceptors (Lipinski definition) is 6. The van der Waals surface area contributed by atoms with Crippen LogP contribution in [0.4, 0.5) is 4.79 Å². The average molecular weight is 314 g/mol. The van der Waals surface area contributed by atoms with Crippen molar-refractivity contribution in [1.82, 2.24) is 4.90 Å². The van der Waals surface area contributed by atoms with E-state index in [1.165, 1.54) is 6.92 Å². The Morgan fingerprint density at radius 1 is 1.14 bits per heavy atom. The molecule has 1 aliphatic heterocycles. The molecule has 1 saturated heterocycles. The molecule has 0 saturated carbocycles. The van der Waals surface area contributed by atoms with Crippen molar-refractivity contribution in [1.29, 1.82) is 0 Å². The number of amides is 2. The number of esters is 1. The Balaban J connectivity index is 2.94. The summed E-state index contributed by atoms with van der Waals surface area (Å²) in [5.41, 5.74) is 3.03. The molecule has 2 unspecified atom stereocenters. The first-order valence-electron chi connectivity index (χ1n) is 7.22. The number of rotatable bonds is 1. The second kappa shape index (κ2) is 5.53. The van der Waals surface area contributed by atoms with E-state index in [0.717, 1.165) is 4.90 Å². The summed E-state index contributed by atoms with van der Waals surface area (Å²) in [5, 5.41) is 0. The predicted octanol–water partition coefficient (Wildman–Crippen LogP) is 1.44. The fourth-order valence-corrected chi connectivity index (χ4v) is 2.06. The first-order chi connectivity index (χ1) is 9.65. The average Bonchev–Trinajstić information content (AvgIpc) is 2.46. The quantitative estimate of drug-likeness (QED) is 0.735. The molecular weight excluding hydrogens is 288 g/mol. The maximum Gasteiger partial charge on any atom is 0.417 e. The van der Waals surface area contributed by atoms with Crippen LogP contribution in [0.2, 0.25) is 0 Å². The van der Waals surface area contributed by atoms with Crippen LogP contribution in [0.5, 0.6) is 0 Å². The van der Waals surface area contributed by atoms with Gasteiger partial charge < -0.3 is 15.2 Å². The van der Waals surface area contributed by atoms with Crippen LogP contribution in [0.3, 0.4) is 0 Å². The van der Waals surface area contributed by atoms with Gasteiger partial charge >= 0.3 is 12.1 Å². The highest BCUT2D eigenvalue weighted by Crippen LogP contribution is 2.30. The number of nitrogens with two attached hydrogens (primary N) is 1. The van der Waals surface area contributed by atoms with Gasteiger partial charge in [0.2, 0.25) is 0 Å². The summed E-state index contributed by atoms with van der Waals surface area (Å²) in [6, 6.07) is 0. The minimum absolute atomic E-state index is 0.143. The molecule has 0 aromatic rings. The Kier molecular flexibility index (Phi) is 4.63. The molecule has 2 amide bonds. The first kappa shape index (κ1) is 18.4. The van der Waals surface area contributed by atoms with E-state index in [1.54, 1.807) is 41.5 Å². The molecule has 0 radical (unpaired) electrons. The van der Waals surface area contributed by atoms with Crippen molar-refractivity contribution in [2.45, 2.75) is 65.2 Å². The van der Waals surface area contributed by atoms with Gasteiger partial charge in [0.15, 0.2) is 0 Å². The number of imide groups is 1. The number of nitrogens with zero attached hydrogens (tertiary/aromatic N) is 1. The lowest BCUT2D eigenvalue weighted by atomic mass is 9.89. The summed E-state index contributed by atoms with van der Waals surface area (Å²) < 4.78 is 10.5. The molecule has 0 bridgehead atoms. The van der Waals surface area contributed by atoms with Gasteiger partial charge in [-0.05, 0) is 48.5 Å². The van der Waals surface area contributed by atoms with E-state index in [9.17, 15) is 14.4 Å². The van der Waals surface area contributed by atoms with Crippen molar-refractivity contribution in [2.75, 3.05) is 6.54 Å². The number of carbonyl (C=O) groups is 3. The van der Waals surface area contributed by atoms with Crippen molar-refractivity contribution >= 4 is 18.0 Å². The lowest BCUT2D eigenvalue weighted by Crippen LogP contribution is -2.52. The highest BCUT2D eigenvalue weighted by atomic mass is 16.6. The summed E-state index contributed by atoms with van der Waals surface area (Å²) in [4.78, 5) is 37.5. The summed E-state index contributed by atoms with van der Waals surface area (Å²) >= 11 is 0. The Morgan fingerprint density at radius 3 is 2.00 bits per heavy atom. The standard InChI is InChI=1S/C15H26N2O5/c1-13(2,3)21-10(18)9-8-17(11(19)15(9,7)16)12(20)22-14(4,5)6/h9H,8,16H2,1-7H3. The smallest absolute Gasteiger partial charge is 0.417 e. The molecule has 7 heteroatoms. The zero-order chi connectivity index (χ0) is 17.5. The Morgan fingerprint density at radius 2 is 1.59 bits per heavy atom. The third kappa shape index (κ3) is 4.19. The fourth-order valence-electron chi connectivity index (χ4n) is 2.06. The predicted molar refractivity (Wildman–Crippen MR) is 79.9 cm³/mol. The van der Waals surface area contributed by atoms with Crippen LogP contribution >= 0.6 is 0 Å². The van der Waals surface area contributed by atoms with Crippen LogP contribution in [0.15, 0.2) is 0 Å². The van der Waals surface area contributed by atoms with Crippen LogP contribution < -0.4 is 5.73 Å². The van der Waals surface area contributed by atoms with E-state index in [4.69, 9.17) is 15.2 Å². The van der Waals surface area contributed by atoms with E-state index in [1.807, 2.05) is 0 Å². The third-order valence-corrected chi connectivity index (χ3v) is 3.10. The van der Waals surface area contributed by atoms with Crippen LogP contribution in [0.25, 0.3) is 0 Å². The van der Waals surface area contributed by atoms with Gasteiger partial charge in [-0.15, -0.1) is 0 Å². The van der Waals surface area contributed by atoms with E-state index in [-0.39, 0.29) is 6.54 Å². The maximum atomic E-state index is 12.3. The molecule has 2 N–H and O–H groups in total. The van der Waals surface area contributed by atoms with Gasteiger partial charge in [0.1, 0.15) is 22.7 Å². The van der Waals surface area contributed by atoms with Crippen molar-refractivity contribution in [3.63, 3.8) is 0 Å². The highest BCUT2D eigenvalue weighted by Gasteiger charge is 2.55. The second-order valence-electron chi connectivity index (χ2n) is 7.76. The van der Waals surface area contributed by atoms with Crippen LogP contribution in [0, 0.1) is 5.92 Å². The zero-order valence-electron chi connectivity index (χ0n) is 14.4. The van der Waals surface area contributed by atoms with Crippen LogP contribution in [-0.2, 0) is 19.1 Å². The summed E-state index contributed by atoms with van der Waals surface area (Å²) in [7, 11) is 0. The molecule has 126 valence electrons. The van der Waals surface area contributed by atoms with E-state index in [0.29, 0.717) is 0 Å². The van der Waals surface area contributed by atoms with Crippen molar-refractivity contribution in [2.24, 2.45) is 11.7 Å².